The third kappa shape index (κ3) is 4.04. The molecule has 1 fully saturated rings. The van der Waals surface area contributed by atoms with Gasteiger partial charge in [0.25, 0.3) is 0 Å². The Balaban J connectivity index is 1.91. The zero-order valence-corrected chi connectivity index (χ0v) is 11.8. The van der Waals surface area contributed by atoms with Gasteiger partial charge < -0.3 is 19.9 Å². The minimum Gasteiger partial charge on any atom is -0.383 e. The summed E-state index contributed by atoms with van der Waals surface area (Å²) in [5.74, 6) is 1.68. The van der Waals surface area contributed by atoms with Gasteiger partial charge in [0.05, 0.1) is 6.61 Å². The summed E-state index contributed by atoms with van der Waals surface area (Å²) >= 11 is 0. The topological polar surface area (TPSA) is 53.5 Å². The molecule has 0 aromatic carbocycles. The highest BCUT2D eigenvalue weighted by molar-refractivity contribution is 5.42. The average Bonchev–Trinajstić information content (AvgIpc) is 2.48. The van der Waals surface area contributed by atoms with E-state index in [-0.39, 0.29) is 0 Å². The van der Waals surface area contributed by atoms with Gasteiger partial charge in [-0.2, -0.15) is 4.98 Å². The normalized spacial score (nSPS) is 16.6. The van der Waals surface area contributed by atoms with Crippen molar-refractivity contribution in [2.45, 2.75) is 6.92 Å². The van der Waals surface area contributed by atoms with Gasteiger partial charge in [-0.25, -0.2) is 4.98 Å². The third-order valence-corrected chi connectivity index (χ3v) is 3.37. The maximum absolute atomic E-state index is 5.00. The van der Waals surface area contributed by atoms with Gasteiger partial charge in [0.15, 0.2) is 0 Å². The number of ether oxygens (including phenoxy) is 1. The molecule has 1 aliphatic heterocycles. The molecule has 0 saturated carbocycles. The fraction of sp³-hybridized carbons (Fsp3) is 0.692. The van der Waals surface area contributed by atoms with Crippen LogP contribution >= 0.6 is 0 Å². The predicted molar refractivity (Wildman–Crippen MR) is 76.7 cm³/mol. The van der Waals surface area contributed by atoms with Crippen molar-refractivity contribution in [3.8, 4) is 0 Å². The van der Waals surface area contributed by atoms with Crippen molar-refractivity contribution in [3.05, 3.63) is 12.3 Å². The van der Waals surface area contributed by atoms with E-state index in [0.29, 0.717) is 12.6 Å². The van der Waals surface area contributed by atoms with E-state index >= 15 is 0 Å². The summed E-state index contributed by atoms with van der Waals surface area (Å²) in [6.45, 7) is 8.98. The van der Waals surface area contributed by atoms with E-state index in [2.05, 4.69) is 32.0 Å². The van der Waals surface area contributed by atoms with E-state index in [4.69, 9.17) is 4.74 Å². The molecule has 1 N–H and O–H groups in total. The Hall–Kier alpha value is -1.40. The molecule has 0 bridgehead atoms. The Morgan fingerprint density at radius 3 is 2.79 bits per heavy atom. The molecule has 1 aromatic heterocycles. The first-order chi connectivity index (χ1) is 9.33. The highest BCUT2D eigenvalue weighted by Crippen LogP contribution is 2.14. The van der Waals surface area contributed by atoms with E-state index in [0.717, 1.165) is 45.1 Å². The van der Waals surface area contributed by atoms with Crippen LogP contribution in [-0.2, 0) is 4.74 Å². The molecule has 6 heteroatoms. The lowest BCUT2D eigenvalue weighted by atomic mass is 10.3. The molecule has 0 unspecified atom stereocenters. The summed E-state index contributed by atoms with van der Waals surface area (Å²) < 4.78 is 5.00. The van der Waals surface area contributed by atoms with Crippen molar-refractivity contribution in [1.82, 2.24) is 14.9 Å². The molecular formula is C13H23N5O. The quantitative estimate of drug-likeness (QED) is 0.763. The molecule has 1 saturated heterocycles. The second-order valence-electron chi connectivity index (χ2n) is 4.58. The number of hydrogen-bond donors (Lipinski definition) is 1. The zero-order chi connectivity index (χ0) is 13.5. The van der Waals surface area contributed by atoms with E-state index in [9.17, 15) is 0 Å². The fourth-order valence-corrected chi connectivity index (χ4v) is 2.17. The Morgan fingerprint density at radius 1 is 1.32 bits per heavy atom. The Bertz CT molecular complexity index is 379. The molecule has 6 nitrogen and oxygen atoms in total. The summed E-state index contributed by atoms with van der Waals surface area (Å²) in [7, 11) is 1.69. The van der Waals surface area contributed by atoms with Crippen molar-refractivity contribution in [1.29, 1.82) is 0 Å². The molecule has 0 radical (unpaired) electrons. The Kier molecular flexibility index (Phi) is 5.35. The van der Waals surface area contributed by atoms with Gasteiger partial charge in [-0.15, -0.1) is 0 Å². The second kappa shape index (κ2) is 7.25. The van der Waals surface area contributed by atoms with Gasteiger partial charge in [-0.3, -0.25) is 0 Å². The van der Waals surface area contributed by atoms with Crippen molar-refractivity contribution in [2.24, 2.45) is 0 Å². The molecular weight excluding hydrogens is 242 g/mol. The first-order valence-corrected chi connectivity index (χ1v) is 6.86. The lowest BCUT2D eigenvalue weighted by Gasteiger charge is -2.34. The van der Waals surface area contributed by atoms with Crippen molar-refractivity contribution in [3.63, 3.8) is 0 Å². The maximum Gasteiger partial charge on any atom is 0.224 e. The fourth-order valence-electron chi connectivity index (χ4n) is 2.17. The second-order valence-corrected chi connectivity index (χ2v) is 4.58. The van der Waals surface area contributed by atoms with E-state index in [1.165, 1.54) is 0 Å². The lowest BCUT2D eigenvalue weighted by Crippen LogP contribution is -2.46. The number of aromatic nitrogens is 2. The molecule has 0 amide bonds. The van der Waals surface area contributed by atoms with Crippen LogP contribution in [0.3, 0.4) is 0 Å². The van der Waals surface area contributed by atoms with Gasteiger partial charge in [0.1, 0.15) is 5.82 Å². The van der Waals surface area contributed by atoms with Crippen LogP contribution < -0.4 is 10.2 Å². The molecule has 0 spiro atoms. The molecule has 1 aromatic rings. The van der Waals surface area contributed by atoms with Crippen molar-refractivity contribution < 1.29 is 4.74 Å². The summed E-state index contributed by atoms with van der Waals surface area (Å²) in [5, 5.41) is 3.16. The van der Waals surface area contributed by atoms with Crippen LogP contribution in [0.5, 0.6) is 0 Å². The summed E-state index contributed by atoms with van der Waals surface area (Å²) in [6, 6.07) is 1.98. The standard InChI is InChI=1S/C13H23N5O/c1-3-17-7-9-18(10-8-17)12-4-5-14-13(16-12)15-6-11-19-2/h4-5H,3,6-11H2,1-2H3,(H,14,15,16). The van der Waals surface area contributed by atoms with Crippen LogP contribution in [0.15, 0.2) is 12.3 Å². The van der Waals surface area contributed by atoms with Crippen LogP contribution in [0.4, 0.5) is 11.8 Å². The van der Waals surface area contributed by atoms with Crippen molar-refractivity contribution >= 4 is 11.8 Å². The molecule has 2 rings (SSSR count). The number of piperazine rings is 1. The van der Waals surface area contributed by atoms with E-state index in [1.807, 2.05) is 12.3 Å². The molecule has 1 aliphatic rings. The monoisotopic (exact) mass is 265 g/mol. The molecule has 0 atom stereocenters. The van der Waals surface area contributed by atoms with Crippen LogP contribution in [0, 0.1) is 0 Å². The average molecular weight is 265 g/mol. The minimum absolute atomic E-state index is 0.656. The molecule has 2 heterocycles. The van der Waals surface area contributed by atoms with Gasteiger partial charge in [0.2, 0.25) is 5.95 Å². The summed E-state index contributed by atoms with van der Waals surface area (Å²) in [6.07, 6.45) is 1.81. The number of anilines is 2. The lowest BCUT2D eigenvalue weighted by molar-refractivity contribution is 0.210. The molecule has 0 aliphatic carbocycles. The number of methoxy groups -OCH3 is 1. The highest BCUT2D eigenvalue weighted by atomic mass is 16.5. The third-order valence-electron chi connectivity index (χ3n) is 3.37. The summed E-state index contributed by atoms with van der Waals surface area (Å²) in [5.41, 5.74) is 0. The Morgan fingerprint density at radius 2 is 2.11 bits per heavy atom. The highest BCUT2D eigenvalue weighted by Gasteiger charge is 2.16. The smallest absolute Gasteiger partial charge is 0.224 e. The van der Waals surface area contributed by atoms with Crippen LogP contribution in [0.1, 0.15) is 6.92 Å². The van der Waals surface area contributed by atoms with Gasteiger partial charge in [0, 0.05) is 46.0 Å². The van der Waals surface area contributed by atoms with Crippen LogP contribution in [0.2, 0.25) is 0 Å². The number of likely N-dealkylation sites (N-methyl/N-ethyl adjacent to an activating group) is 1. The van der Waals surface area contributed by atoms with Crippen LogP contribution in [-0.4, -0.2) is 67.9 Å². The largest absolute Gasteiger partial charge is 0.383 e. The maximum atomic E-state index is 5.00. The SMILES string of the molecule is CCN1CCN(c2ccnc(NCCOC)n2)CC1. The van der Waals surface area contributed by atoms with Gasteiger partial charge in [-0.05, 0) is 12.6 Å². The number of nitrogens with zero attached hydrogens (tertiary/aromatic N) is 4. The molecule has 19 heavy (non-hydrogen) atoms. The number of nitrogens with one attached hydrogen (secondary N) is 1. The van der Waals surface area contributed by atoms with Crippen molar-refractivity contribution in [2.75, 3.05) is 63.2 Å². The van der Waals surface area contributed by atoms with Crippen LogP contribution in [0.25, 0.3) is 0 Å². The number of rotatable bonds is 6. The predicted octanol–water partition coefficient (Wildman–Crippen LogP) is 0.677. The number of hydrogen-bond acceptors (Lipinski definition) is 6. The molecule has 106 valence electrons. The first kappa shape index (κ1) is 14.0. The zero-order valence-electron chi connectivity index (χ0n) is 11.8. The Labute approximate surface area is 114 Å². The van der Waals surface area contributed by atoms with Gasteiger partial charge in [-0.1, -0.05) is 6.92 Å². The van der Waals surface area contributed by atoms with E-state index in [1.54, 1.807) is 7.11 Å². The van der Waals surface area contributed by atoms with Gasteiger partial charge >= 0.3 is 0 Å². The summed E-state index contributed by atoms with van der Waals surface area (Å²) in [4.78, 5) is 13.5. The van der Waals surface area contributed by atoms with E-state index < -0.39 is 0 Å². The first-order valence-electron chi connectivity index (χ1n) is 6.86. The minimum atomic E-state index is 0.656.